The molecular weight excluding hydrogens is 392 g/mol. The highest BCUT2D eigenvalue weighted by atomic mass is 16.2. The van der Waals surface area contributed by atoms with E-state index in [9.17, 15) is 14.4 Å². The van der Waals surface area contributed by atoms with Crippen LogP contribution in [0.1, 0.15) is 31.7 Å². The molecule has 0 aromatic heterocycles. The highest BCUT2D eigenvalue weighted by molar-refractivity contribution is 5.95. The number of benzene rings is 2. The highest BCUT2D eigenvalue weighted by Gasteiger charge is 2.18. The maximum atomic E-state index is 12.6. The lowest BCUT2D eigenvalue weighted by Crippen LogP contribution is -2.40. The van der Waals surface area contributed by atoms with Crippen LogP contribution in [0.4, 0.5) is 5.69 Å². The van der Waals surface area contributed by atoms with E-state index in [2.05, 4.69) is 5.32 Å². The molecule has 0 aliphatic rings. The van der Waals surface area contributed by atoms with Gasteiger partial charge >= 0.3 is 0 Å². The molecule has 0 heterocycles. The summed E-state index contributed by atoms with van der Waals surface area (Å²) in [6.45, 7) is 3.07. The molecule has 162 valence electrons. The van der Waals surface area contributed by atoms with Crippen LogP contribution in [0.5, 0.6) is 0 Å². The number of nitrogens with one attached hydrogen (secondary N) is 1. The van der Waals surface area contributed by atoms with Crippen molar-refractivity contribution in [2.24, 2.45) is 0 Å². The number of hydrogen-bond acceptors (Lipinski definition) is 4. The molecule has 0 aliphatic carbocycles. The third kappa shape index (κ3) is 7.94. The second-order valence-corrected chi connectivity index (χ2v) is 6.96. The van der Waals surface area contributed by atoms with Crippen molar-refractivity contribution in [1.82, 2.24) is 10.2 Å². The minimum Gasteiger partial charge on any atom is -0.347 e. The topological polar surface area (TPSA) is 93.5 Å². The summed E-state index contributed by atoms with van der Waals surface area (Å²) >= 11 is 0. The normalized spacial score (nSPS) is 10.1. The molecule has 7 nitrogen and oxygen atoms in total. The zero-order chi connectivity index (χ0) is 22.5. The van der Waals surface area contributed by atoms with Crippen molar-refractivity contribution < 1.29 is 14.4 Å². The van der Waals surface area contributed by atoms with Gasteiger partial charge in [-0.3, -0.25) is 14.4 Å². The van der Waals surface area contributed by atoms with Crippen LogP contribution < -0.4 is 10.2 Å². The summed E-state index contributed by atoms with van der Waals surface area (Å²) in [7, 11) is 0. The molecule has 31 heavy (non-hydrogen) atoms. The number of carbonyl (C=O) groups is 3. The molecule has 0 bridgehead atoms. The van der Waals surface area contributed by atoms with Crippen LogP contribution in [0.2, 0.25) is 0 Å². The van der Waals surface area contributed by atoms with E-state index in [0.717, 1.165) is 5.56 Å². The molecule has 2 aromatic rings. The molecule has 0 saturated heterocycles. The Bertz CT molecular complexity index is 894. The third-order valence-corrected chi connectivity index (χ3v) is 4.77. The van der Waals surface area contributed by atoms with E-state index in [-0.39, 0.29) is 50.1 Å². The average Bonchev–Trinajstić information content (AvgIpc) is 2.81. The highest BCUT2D eigenvalue weighted by Crippen LogP contribution is 2.15. The van der Waals surface area contributed by atoms with Crippen LogP contribution in [0.3, 0.4) is 0 Å². The largest absolute Gasteiger partial charge is 0.347 e. The standard InChI is InChI=1S/C24H28N4O3/c1-2-27(19-20-10-5-3-6-11-20)24(31)18-26-22(29)14-15-23(30)28(17-9-16-25)21-12-7-4-8-13-21/h3-8,10-13H,2,9,14-15,17-19H2,1H3,(H,26,29). The molecule has 0 aliphatic heterocycles. The van der Waals surface area contributed by atoms with Gasteiger partial charge in [0.25, 0.3) is 0 Å². The lowest BCUT2D eigenvalue weighted by atomic mass is 10.2. The first-order chi connectivity index (χ1) is 15.0. The van der Waals surface area contributed by atoms with Crippen molar-refractivity contribution in [3.05, 3.63) is 66.2 Å². The van der Waals surface area contributed by atoms with E-state index in [4.69, 9.17) is 5.26 Å². The van der Waals surface area contributed by atoms with Gasteiger partial charge in [-0.15, -0.1) is 0 Å². The van der Waals surface area contributed by atoms with Gasteiger partial charge in [0.1, 0.15) is 0 Å². The van der Waals surface area contributed by atoms with Crippen molar-refractivity contribution in [2.45, 2.75) is 32.7 Å². The summed E-state index contributed by atoms with van der Waals surface area (Å²) in [5.74, 6) is -0.765. The van der Waals surface area contributed by atoms with Gasteiger partial charge in [-0.1, -0.05) is 48.5 Å². The second kappa shape index (κ2) is 12.8. The molecule has 3 amide bonds. The van der Waals surface area contributed by atoms with Crippen molar-refractivity contribution in [3.8, 4) is 6.07 Å². The summed E-state index contributed by atoms with van der Waals surface area (Å²) in [6, 6.07) is 20.8. The summed E-state index contributed by atoms with van der Waals surface area (Å²) in [4.78, 5) is 40.4. The van der Waals surface area contributed by atoms with E-state index in [0.29, 0.717) is 18.8 Å². The molecule has 0 atom stereocenters. The first kappa shape index (κ1) is 23.6. The van der Waals surface area contributed by atoms with Crippen molar-refractivity contribution in [1.29, 1.82) is 5.26 Å². The predicted molar refractivity (Wildman–Crippen MR) is 119 cm³/mol. The van der Waals surface area contributed by atoms with Gasteiger partial charge in [-0.25, -0.2) is 0 Å². The molecule has 0 radical (unpaired) electrons. The van der Waals surface area contributed by atoms with Crippen LogP contribution in [0, 0.1) is 11.3 Å². The zero-order valence-corrected chi connectivity index (χ0v) is 17.8. The van der Waals surface area contributed by atoms with Gasteiger partial charge in [0.2, 0.25) is 17.7 Å². The molecule has 1 N–H and O–H groups in total. The number of anilines is 1. The number of nitriles is 1. The fourth-order valence-electron chi connectivity index (χ4n) is 3.08. The number of amides is 3. The monoisotopic (exact) mass is 420 g/mol. The van der Waals surface area contributed by atoms with Crippen LogP contribution in [0.15, 0.2) is 60.7 Å². The first-order valence-electron chi connectivity index (χ1n) is 10.4. The molecule has 2 aromatic carbocycles. The minimum atomic E-state index is -0.356. The fourth-order valence-corrected chi connectivity index (χ4v) is 3.08. The number of hydrogen-bond donors (Lipinski definition) is 1. The molecule has 2 rings (SSSR count). The SMILES string of the molecule is CCN(Cc1ccccc1)C(=O)CNC(=O)CCC(=O)N(CCC#N)c1ccccc1. The quantitative estimate of drug-likeness (QED) is 0.605. The molecule has 0 spiro atoms. The Morgan fingerprint density at radius 2 is 1.58 bits per heavy atom. The van der Waals surface area contributed by atoms with E-state index in [1.807, 2.05) is 61.5 Å². The Kier molecular flexibility index (Phi) is 9.76. The summed E-state index contributed by atoms with van der Waals surface area (Å²) in [5.41, 5.74) is 1.71. The minimum absolute atomic E-state index is 0.00184. The Balaban J connectivity index is 1.82. The lowest BCUT2D eigenvalue weighted by Gasteiger charge is -2.22. The van der Waals surface area contributed by atoms with Crippen LogP contribution in [0.25, 0.3) is 0 Å². The summed E-state index contributed by atoms with van der Waals surface area (Å²) in [5, 5.41) is 11.5. The molecular formula is C24H28N4O3. The number of likely N-dealkylation sites (N-methyl/N-ethyl adjacent to an activating group) is 1. The Labute approximate surface area is 183 Å². The predicted octanol–water partition coefficient (Wildman–Crippen LogP) is 2.88. The van der Waals surface area contributed by atoms with E-state index >= 15 is 0 Å². The lowest BCUT2D eigenvalue weighted by molar-refractivity contribution is -0.133. The van der Waals surface area contributed by atoms with Crippen molar-refractivity contribution in [2.75, 3.05) is 24.5 Å². The first-order valence-corrected chi connectivity index (χ1v) is 10.4. The Hall–Kier alpha value is -3.66. The number of rotatable bonds is 11. The van der Waals surface area contributed by atoms with Crippen molar-refractivity contribution in [3.63, 3.8) is 0 Å². The van der Waals surface area contributed by atoms with Crippen LogP contribution in [-0.4, -0.2) is 42.3 Å². The van der Waals surface area contributed by atoms with E-state index < -0.39 is 0 Å². The Morgan fingerprint density at radius 1 is 0.935 bits per heavy atom. The van der Waals surface area contributed by atoms with Gasteiger partial charge in [0.05, 0.1) is 19.0 Å². The second-order valence-electron chi connectivity index (χ2n) is 6.96. The summed E-state index contributed by atoms with van der Waals surface area (Å²) < 4.78 is 0. The number of nitrogens with zero attached hydrogens (tertiary/aromatic N) is 3. The van der Waals surface area contributed by atoms with Gasteiger partial charge in [0.15, 0.2) is 0 Å². The smallest absolute Gasteiger partial charge is 0.242 e. The van der Waals surface area contributed by atoms with Gasteiger partial charge in [-0.05, 0) is 24.6 Å². The molecule has 0 unspecified atom stereocenters. The fraction of sp³-hybridized carbons (Fsp3) is 0.333. The van der Waals surface area contributed by atoms with Crippen molar-refractivity contribution >= 4 is 23.4 Å². The maximum Gasteiger partial charge on any atom is 0.242 e. The average molecular weight is 421 g/mol. The van der Waals surface area contributed by atoms with E-state index in [1.54, 1.807) is 17.0 Å². The molecule has 0 fully saturated rings. The number of carbonyl (C=O) groups excluding carboxylic acids is 3. The van der Waals surface area contributed by atoms with Crippen LogP contribution >= 0.6 is 0 Å². The van der Waals surface area contributed by atoms with Gasteiger partial charge < -0.3 is 15.1 Å². The maximum absolute atomic E-state index is 12.6. The zero-order valence-electron chi connectivity index (χ0n) is 17.8. The Morgan fingerprint density at radius 3 is 2.19 bits per heavy atom. The number of para-hydroxylation sites is 1. The van der Waals surface area contributed by atoms with E-state index in [1.165, 1.54) is 4.90 Å². The summed E-state index contributed by atoms with van der Waals surface area (Å²) in [6.07, 6.45) is 0.185. The van der Waals surface area contributed by atoms with Gasteiger partial charge in [-0.2, -0.15) is 5.26 Å². The third-order valence-electron chi connectivity index (χ3n) is 4.77. The molecule has 0 saturated carbocycles. The van der Waals surface area contributed by atoms with Gasteiger partial charge in [0, 0.05) is 38.2 Å². The van der Waals surface area contributed by atoms with Crippen LogP contribution in [-0.2, 0) is 20.9 Å². The molecule has 7 heteroatoms.